The van der Waals surface area contributed by atoms with Gasteiger partial charge in [-0.3, -0.25) is 4.57 Å². The van der Waals surface area contributed by atoms with Gasteiger partial charge in [0.15, 0.2) is 5.58 Å². The van der Waals surface area contributed by atoms with Gasteiger partial charge in [0, 0.05) is 6.54 Å². The molecular formula is C14H18N2O2. The van der Waals surface area contributed by atoms with Crippen molar-refractivity contribution in [3.05, 3.63) is 34.8 Å². The number of piperidine rings is 1. The average molecular weight is 246 g/mol. The predicted molar refractivity (Wildman–Crippen MR) is 70.7 cm³/mol. The van der Waals surface area contributed by atoms with Crippen LogP contribution in [0.1, 0.15) is 19.3 Å². The maximum absolute atomic E-state index is 11.8. The number of aryl methyl sites for hydroxylation is 1. The molecule has 0 saturated carbocycles. The molecule has 0 amide bonds. The predicted octanol–water partition coefficient (Wildman–Crippen LogP) is 1.98. The number of aromatic nitrogens is 1. The van der Waals surface area contributed by atoms with Crippen molar-refractivity contribution in [1.29, 1.82) is 0 Å². The Labute approximate surface area is 106 Å². The normalized spacial score (nSPS) is 17.3. The Morgan fingerprint density at radius 1 is 1.28 bits per heavy atom. The smallest absolute Gasteiger partial charge is 0.408 e. The fourth-order valence-electron chi connectivity index (χ4n) is 2.71. The summed E-state index contributed by atoms with van der Waals surface area (Å²) in [6.07, 6.45) is 3.49. The number of nitrogens with one attached hydrogen (secondary N) is 1. The van der Waals surface area contributed by atoms with E-state index in [-0.39, 0.29) is 5.76 Å². The summed E-state index contributed by atoms with van der Waals surface area (Å²) in [6, 6.07) is 7.63. The fourth-order valence-corrected chi connectivity index (χ4v) is 2.71. The summed E-state index contributed by atoms with van der Waals surface area (Å²) in [5.74, 6) is 0.497. The summed E-state index contributed by atoms with van der Waals surface area (Å²) in [5.41, 5.74) is 1.60. The highest BCUT2D eigenvalue weighted by Crippen LogP contribution is 2.18. The zero-order valence-corrected chi connectivity index (χ0v) is 10.4. The van der Waals surface area contributed by atoms with Crippen molar-refractivity contribution in [2.24, 2.45) is 5.92 Å². The number of rotatable bonds is 3. The fraction of sp³-hybridized carbons (Fsp3) is 0.500. The lowest BCUT2D eigenvalue weighted by molar-refractivity contribution is 0.334. The number of hydrogen-bond acceptors (Lipinski definition) is 3. The first-order valence-corrected chi connectivity index (χ1v) is 6.64. The summed E-state index contributed by atoms with van der Waals surface area (Å²) in [4.78, 5) is 11.8. The molecule has 0 unspecified atom stereocenters. The van der Waals surface area contributed by atoms with Crippen molar-refractivity contribution < 1.29 is 4.42 Å². The van der Waals surface area contributed by atoms with Gasteiger partial charge in [-0.25, -0.2) is 4.79 Å². The molecule has 1 aromatic carbocycles. The average Bonchev–Trinajstić information content (AvgIpc) is 2.73. The maximum atomic E-state index is 11.8. The lowest BCUT2D eigenvalue weighted by atomic mass is 9.95. The van der Waals surface area contributed by atoms with Gasteiger partial charge in [0.2, 0.25) is 0 Å². The molecule has 0 aliphatic carbocycles. The molecule has 18 heavy (non-hydrogen) atoms. The molecule has 96 valence electrons. The second-order valence-electron chi connectivity index (χ2n) is 4.97. The minimum Gasteiger partial charge on any atom is -0.408 e. The van der Waals surface area contributed by atoms with Crippen LogP contribution in [0.3, 0.4) is 0 Å². The SMILES string of the molecule is O=c1oc2ccccc2n1CCC1CCNCC1. The zero-order chi connectivity index (χ0) is 12.4. The van der Waals surface area contributed by atoms with Gasteiger partial charge in [-0.15, -0.1) is 0 Å². The number of hydrogen-bond donors (Lipinski definition) is 1. The molecule has 1 aliphatic rings. The van der Waals surface area contributed by atoms with E-state index in [1.165, 1.54) is 12.8 Å². The molecule has 1 aromatic heterocycles. The van der Waals surface area contributed by atoms with Crippen LogP contribution >= 0.6 is 0 Å². The molecule has 4 heteroatoms. The van der Waals surface area contributed by atoms with E-state index < -0.39 is 0 Å². The van der Waals surface area contributed by atoms with E-state index in [4.69, 9.17) is 4.42 Å². The van der Waals surface area contributed by atoms with Crippen LogP contribution in [0.4, 0.5) is 0 Å². The summed E-state index contributed by atoms with van der Waals surface area (Å²) in [5, 5.41) is 3.36. The highest BCUT2D eigenvalue weighted by Gasteiger charge is 2.15. The molecule has 1 N–H and O–H groups in total. The Bertz CT molecular complexity index is 579. The summed E-state index contributed by atoms with van der Waals surface area (Å²) in [7, 11) is 0. The Kier molecular flexibility index (Phi) is 3.19. The molecule has 3 rings (SSSR count). The van der Waals surface area contributed by atoms with Gasteiger partial charge >= 0.3 is 5.76 Å². The monoisotopic (exact) mass is 246 g/mol. The highest BCUT2D eigenvalue weighted by molar-refractivity contribution is 5.72. The third kappa shape index (κ3) is 2.20. The van der Waals surface area contributed by atoms with E-state index in [9.17, 15) is 4.79 Å². The first-order chi connectivity index (χ1) is 8.84. The van der Waals surface area contributed by atoms with E-state index in [2.05, 4.69) is 5.32 Å². The van der Waals surface area contributed by atoms with Crippen molar-refractivity contribution in [2.75, 3.05) is 13.1 Å². The molecule has 0 bridgehead atoms. The first kappa shape index (κ1) is 11.5. The van der Waals surface area contributed by atoms with Crippen LogP contribution in [0.15, 0.2) is 33.5 Å². The molecule has 0 spiro atoms. The lowest BCUT2D eigenvalue weighted by Crippen LogP contribution is -2.28. The van der Waals surface area contributed by atoms with Crippen molar-refractivity contribution in [3.63, 3.8) is 0 Å². The molecule has 0 radical (unpaired) electrons. The molecule has 2 aromatic rings. The molecule has 1 aliphatic heterocycles. The molecule has 2 heterocycles. The minimum atomic E-state index is -0.231. The summed E-state index contributed by atoms with van der Waals surface area (Å²) < 4.78 is 7.00. The molecule has 1 saturated heterocycles. The molecule has 4 nitrogen and oxygen atoms in total. The van der Waals surface area contributed by atoms with Gasteiger partial charge in [-0.2, -0.15) is 0 Å². The third-order valence-corrected chi connectivity index (χ3v) is 3.79. The van der Waals surface area contributed by atoms with Crippen molar-refractivity contribution in [1.82, 2.24) is 9.88 Å². The largest absolute Gasteiger partial charge is 0.419 e. The van der Waals surface area contributed by atoms with E-state index in [0.717, 1.165) is 37.5 Å². The molecule has 0 atom stereocenters. The van der Waals surface area contributed by atoms with Gasteiger partial charge in [-0.1, -0.05) is 12.1 Å². The highest BCUT2D eigenvalue weighted by atomic mass is 16.4. The Morgan fingerprint density at radius 3 is 2.89 bits per heavy atom. The van der Waals surface area contributed by atoms with Crippen LogP contribution < -0.4 is 11.1 Å². The Hall–Kier alpha value is -1.55. The lowest BCUT2D eigenvalue weighted by Gasteiger charge is -2.22. The topological polar surface area (TPSA) is 47.2 Å². The van der Waals surface area contributed by atoms with Crippen molar-refractivity contribution in [3.8, 4) is 0 Å². The Morgan fingerprint density at radius 2 is 2.06 bits per heavy atom. The van der Waals surface area contributed by atoms with Gasteiger partial charge in [0.25, 0.3) is 0 Å². The van der Waals surface area contributed by atoms with Crippen LogP contribution in [-0.2, 0) is 6.54 Å². The quantitative estimate of drug-likeness (QED) is 0.901. The second-order valence-corrected chi connectivity index (χ2v) is 4.97. The molecular weight excluding hydrogens is 228 g/mol. The zero-order valence-electron chi connectivity index (χ0n) is 10.4. The molecule has 1 fully saturated rings. The standard InChI is InChI=1S/C14H18N2O2/c17-14-16(10-7-11-5-8-15-9-6-11)12-3-1-2-4-13(12)18-14/h1-4,11,15H,5-10H2. The van der Waals surface area contributed by atoms with E-state index in [1.807, 2.05) is 24.3 Å². The van der Waals surface area contributed by atoms with E-state index in [0.29, 0.717) is 5.58 Å². The van der Waals surface area contributed by atoms with Crippen LogP contribution in [0.2, 0.25) is 0 Å². The number of fused-ring (bicyclic) bond motifs is 1. The third-order valence-electron chi connectivity index (χ3n) is 3.79. The van der Waals surface area contributed by atoms with Crippen LogP contribution in [0.5, 0.6) is 0 Å². The van der Waals surface area contributed by atoms with Crippen molar-refractivity contribution in [2.45, 2.75) is 25.8 Å². The van der Waals surface area contributed by atoms with E-state index >= 15 is 0 Å². The maximum Gasteiger partial charge on any atom is 0.419 e. The summed E-state index contributed by atoms with van der Waals surface area (Å²) in [6.45, 7) is 2.97. The van der Waals surface area contributed by atoms with Gasteiger partial charge < -0.3 is 9.73 Å². The number of benzene rings is 1. The van der Waals surface area contributed by atoms with E-state index in [1.54, 1.807) is 4.57 Å². The minimum absolute atomic E-state index is 0.231. The van der Waals surface area contributed by atoms with Gasteiger partial charge in [0.05, 0.1) is 5.52 Å². The first-order valence-electron chi connectivity index (χ1n) is 6.64. The summed E-state index contributed by atoms with van der Waals surface area (Å²) >= 11 is 0. The van der Waals surface area contributed by atoms with Crippen LogP contribution in [0.25, 0.3) is 11.1 Å². The Balaban J connectivity index is 1.77. The number of nitrogens with zero attached hydrogens (tertiary/aromatic N) is 1. The second kappa shape index (κ2) is 4.98. The number of oxazole rings is 1. The van der Waals surface area contributed by atoms with Gasteiger partial charge in [0.1, 0.15) is 0 Å². The van der Waals surface area contributed by atoms with Crippen LogP contribution in [0, 0.1) is 5.92 Å². The van der Waals surface area contributed by atoms with Gasteiger partial charge in [-0.05, 0) is 50.4 Å². The van der Waals surface area contributed by atoms with Crippen molar-refractivity contribution >= 4 is 11.1 Å². The number of para-hydroxylation sites is 2. The van der Waals surface area contributed by atoms with Crippen LogP contribution in [-0.4, -0.2) is 17.7 Å².